The van der Waals surface area contributed by atoms with Gasteiger partial charge >= 0.3 is 0 Å². The summed E-state index contributed by atoms with van der Waals surface area (Å²) in [5.74, 6) is 1.25. The maximum Gasteiger partial charge on any atom is 0.119 e. The van der Waals surface area contributed by atoms with Crippen molar-refractivity contribution < 1.29 is 9.84 Å². The first-order valence-corrected chi connectivity index (χ1v) is 8.83. The number of unbranched alkanes of at least 4 members (excludes halogenated alkanes) is 3. The molecule has 2 heteroatoms. The van der Waals surface area contributed by atoms with Crippen molar-refractivity contribution in [3.8, 4) is 11.5 Å². The normalized spacial score (nSPS) is 11.5. The quantitative estimate of drug-likeness (QED) is 0.573. The molecule has 0 heterocycles. The smallest absolute Gasteiger partial charge is 0.119 e. The van der Waals surface area contributed by atoms with E-state index in [1.54, 1.807) is 13.2 Å². The van der Waals surface area contributed by atoms with Crippen LogP contribution in [0.3, 0.4) is 0 Å². The number of hydrogen-bond acceptors (Lipinski definition) is 2. The molecule has 0 bridgehead atoms. The van der Waals surface area contributed by atoms with Crippen LogP contribution >= 0.6 is 0 Å². The van der Waals surface area contributed by atoms with Crippen molar-refractivity contribution in [1.29, 1.82) is 0 Å². The molecule has 0 unspecified atom stereocenters. The number of hydrogen-bond donors (Lipinski definition) is 1. The Hall–Kier alpha value is -2.22. The van der Waals surface area contributed by atoms with Crippen LogP contribution in [0.4, 0.5) is 0 Å². The molecule has 0 amide bonds. The van der Waals surface area contributed by atoms with Crippen molar-refractivity contribution in [1.82, 2.24) is 0 Å². The van der Waals surface area contributed by atoms with E-state index in [0.717, 1.165) is 29.7 Å². The van der Waals surface area contributed by atoms with Crippen molar-refractivity contribution >= 4 is 6.08 Å². The zero-order valence-electron chi connectivity index (χ0n) is 14.8. The van der Waals surface area contributed by atoms with Crippen LogP contribution in [0.5, 0.6) is 11.5 Å². The Balaban J connectivity index is 2.17. The Morgan fingerprint density at radius 3 is 2.62 bits per heavy atom. The molecule has 0 saturated heterocycles. The third-order valence-corrected chi connectivity index (χ3v) is 4.23. The highest BCUT2D eigenvalue weighted by Gasteiger charge is 2.05. The highest BCUT2D eigenvalue weighted by molar-refractivity contribution is 5.56. The van der Waals surface area contributed by atoms with Gasteiger partial charge < -0.3 is 9.84 Å². The fraction of sp³-hybridized carbons (Fsp3) is 0.364. The van der Waals surface area contributed by atoms with Gasteiger partial charge in [-0.25, -0.2) is 0 Å². The molecule has 0 aliphatic carbocycles. The zero-order valence-corrected chi connectivity index (χ0v) is 14.8. The highest BCUT2D eigenvalue weighted by atomic mass is 16.5. The van der Waals surface area contributed by atoms with E-state index in [4.69, 9.17) is 4.74 Å². The van der Waals surface area contributed by atoms with Crippen LogP contribution in [0.1, 0.15) is 50.2 Å². The second-order valence-electron chi connectivity index (χ2n) is 6.20. The van der Waals surface area contributed by atoms with E-state index in [2.05, 4.69) is 25.1 Å². The zero-order chi connectivity index (χ0) is 17.2. The Morgan fingerprint density at radius 2 is 1.88 bits per heavy atom. The number of para-hydroxylation sites is 1. The summed E-state index contributed by atoms with van der Waals surface area (Å²) in [7, 11) is 1.69. The van der Waals surface area contributed by atoms with Gasteiger partial charge in [0.05, 0.1) is 7.11 Å². The summed E-state index contributed by atoms with van der Waals surface area (Å²) in [4.78, 5) is 0. The Labute approximate surface area is 145 Å². The van der Waals surface area contributed by atoms with Crippen molar-refractivity contribution in [2.45, 2.75) is 45.4 Å². The van der Waals surface area contributed by atoms with E-state index >= 15 is 0 Å². The molecule has 24 heavy (non-hydrogen) atoms. The largest absolute Gasteiger partial charge is 0.508 e. The summed E-state index contributed by atoms with van der Waals surface area (Å²) in [6, 6.07) is 15.7. The molecule has 128 valence electrons. The molecule has 0 spiro atoms. The van der Waals surface area contributed by atoms with E-state index in [9.17, 15) is 5.11 Å². The lowest BCUT2D eigenvalue weighted by atomic mass is 9.96. The lowest BCUT2D eigenvalue weighted by Gasteiger charge is -2.10. The lowest BCUT2D eigenvalue weighted by Crippen LogP contribution is -1.93. The molecular weight excluding hydrogens is 296 g/mol. The first-order valence-electron chi connectivity index (χ1n) is 8.83. The molecular formula is C22H28O2. The van der Waals surface area contributed by atoms with E-state index in [1.807, 2.05) is 30.3 Å². The second-order valence-corrected chi connectivity index (χ2v) is 6.20. The van der Waals surface area contributed by atoms with Crippen LogP contribution in [0.2, 0.25) is 0 Å². The fourth-order valence-corrected chi connectivity index (χ4v) is 2.86. The number of allylic oxidation sites excluding steroid dienone is 1. The van der Waals surface area contributed by atoms with E-state index < -0.39 is 0 Å². The number of methoxy groups -OCH3 is 1. The SMILES string of the molecule is CCCCCC/C(=C\c1cccc(OC)c1)Cc1ccccc1O. The molecule has 2 nitrogen and oxygen atoms in total. The number of benzene rings is 2. The molecule has 0 saturated carbocycles. The highest BCUT2D eigenvalue weighted by Crippen LogP contribution is 2.25. The van der Waals surface area contributed by atoms with Gasteiger partial charge in [0.1, 0.15) is 11.5 Å². The monoisotopic (exact) mass is 324 g/mol. The van der Waals surface area contributed by atoms with Crippen molar-refractivity contribution in [2.24, 2.45) is 0 Å². The van der Waals surface area contributed by atoms with E-state index in [0.29, 0.717) is 5.75 Å². The number of phenols is 1. The van der Waals surface area contributed by atoms with Crippen molar-refractivity contribution in [3.05, 3.63) is 65.2 Å². The standard InChI is InChI=1S/C22H28O2/c1-3-4-5-6-10-18(16-20-12-7-8-14-22(20)23)15-19-11-9-13-21(17-19)24-2/h7-9,11-15,17,23H,3-6,10,16H2,1-2H3/b18-15+. The molecule has 2 aromatic rings. The molecule has 2 rings (SSSR count). The molecule has 0 aliphatic heterocycles. The van der Waals surface area contributed by atoms with Gasteiger partial charge in [0.2, 0.25) is 0 Å². The van der Waals surface area contributed by atoms with Crippen LogP contribution in [0.15, 0.2) is 54.1 Å². The van der Waals surface area contributed by atoms with Gasteiger partial charge in [-0.2, -0.15) is 0 Å². The van der Waals surface area contributed by atoms with Crippen LogP contribution in [0, 0.1) is 0 Å². The molecule has 0 aromatic heterocycles. The van der Waals surface area contributed by atoms with Crippen molar-refractivity contribution in [3.63, 3.8) is 0 Å². The molecule has 2 aromatic carbocycles. The summed E-state index contributed by atoms with van der Waals surface area (Å²) in [6.45, 7) is 2.23. The van der Waals surface area contributed by atoms with Crippen molar-refractivity contribution in [2.75, 3.05) is 7.11 Å². The van der Waals surface area contributed by atoms with Crippen LogP contribution in [-0.2, 0) is 6.42 Å². The molecule has 0 atom stereocenters. The van der Waals surface area contributed by atoms with Gasteiger partial charge in [-0.3, -0.25) is 0 Å². The van der Waals surface area contributed by atoms with Crippen LogP contribution in [-0.4, -0.2) is 12.2 Å². The number of ether oxygens (including phenoxy) is 1. The fourth-order valence-electron chi connectivity index (χ4n) is 2.86. The molecule has 0 fully saturated rings. The number of phenolic OH excluding ortho intramolecular Hbond substituents is 1. The molecule has 1 N–H and O–H groups in total. The van der Waals surface area contributed by atoms with Gasteiger partial charge in [-0.15, -0.1) is 0 Å². The third-order valence-electron chi connectivity index (χ3n) is 4.23. The molecule has 0 radical (unpaired) electrons. The lowest BCUT2D eigenvalue weighted by molar-refractivity contribution is 0.414. The van der Waals surface area contributed by atoms with Crippen LogP contribution < -0.4 is 4.74 Å². The average molecular weight is 324 g/mol. The predicted octanol–water partition coefficient (Wildman–Crippen LogP) is 6.00. The first-order chi connectivity index (χ1) is 11.7. The minimum atomic E-state index is 0.377. The summed E-state index contributed by atoms with van der Waals surface area (Å²) >= 11 is 0. The maximum atomic E-state index is 10.1. The maximum absolute atomic E-state index is 10.1. The topological polar surface area (TPSA) is 29.5 Å². The van der Waals surface area contributed by atoms with Gasteiger partial charge in [0.15, 0.2) is 0 Å². The second kappa shape index (κ2) is 9.82. The Kier molecular flexibility index (Phi) is 7.41. The number of aromatic hydroxyl groups is 1. The van der Waals surface area contributed by atoms with E-state index in [-0.39, 0.29) is 0 Å². The van der Waals surface area contributed by atoms with Gasteiger partial charge in [0.25, 0.3) is 0 Å². The van der Waals surface area contributed by atoms with Gasteiger partial charge in [0, 0.05) is 0 Å². The van der Waals surface area contributed by atoms with Gasteiger partial charge in [-0.05, 0) is 48.6 Å². The summed E-state index contributed by atoms with van der Waals surface area (Å²) < 4.78 is 5.32. The molecule has 0 aliphatic rings. The Bertz CT molecular complexity index is 659. The van der Waals surface area contributed by atoms with Crippen LogP contribution in [0.25, 0.3) is 6.08 Å². The summed E-state index contributed by atoms with van der Waals surface area (Å²) in [5, 5.41) is 10.1. The predicted molar refractivity (Wildman–Crippen MR) is 102 cm³/mol. The Morgan fingerprint density at radius 1 is 1.04 bits per heavy atom. The van der Waals surface area contributed by atoms with E-state index in [1.165, 1.54) is 31.3 Å². The number of rotatable bonds is 9. The van der Waals surface area contributed by atoms with Gasteiger partial charge in [-0.1, -0.05) is 68.2 Å². The third kappa shape index (κ3) is 5.77. The minimum absolute atomic E-state index is 0.377. The summed E-state index contributed by atoms with van der Waals surface area (Å²) in [6.07, 6.45) is 9.06. The average Bonchev–Trinajstić information content (AvgIpc) is 2.60. The first kappa shape index (κ1) is 18.1. The minimum Gasteiger partial charge on any atom is -0.508 e. The summed E-state index contributed by atoms with van der Waals surface area (Å²) in [5.41, 5.74) is 3.48.